The van der Waals surface area contributed by atoms with Crippen LogP contribution >= 0.6 is 0 Å². The van der Waals surface area contributed by atoms with Crippen molar-refractivity contribution in [1.29, 1.82) is 0 Å². The molecule has 0 radical (unpaired) electrons. The number of carbonyl (C=O) groups is 1. The molecule has 23 heavy (non-hydrogen) atoms. The van der Waals surface area contributed by atoms with Crippen molar-refractivity contribution < 1.29 is 15.0 Å². The monoisotopic (exact) mass is 317 g/mol. The second-order valence-electron chi connectivity index (χ2n) is 5.98. The minimum Gasteiger partial charge on any atom is -0.388 e. The molecule has 0 aromatic carbocycles. The van der Waals surface area contributed by atoms with Gasteiger partial charge in [0, 0.05) is 31.0 Å². The Morgan fingerprint density at radius 1 is 1.48 bits per heavy atom. The number of hydrogen-bond donors (Lipinski definition) is 3. The van der Waals surface area contributed by atoms with Gasteiger partial charge in [-0.2, -0.15) is 5.10 Å². The van der Waals surface area contributed by atoms with Crippen LogP contribution in [-0.2, 0) is 11.2 Å². The Balaban J connectivity index is 1.64. The van der Waals surface area contributed by atoms with Gasteiger partial charge in [0.15, 0.2) is 5.82 Å². The molecule has 0 unspecified atom stereocenters. The molecule has 0 aliphatic carbocycles. The summed E-state index contributed by atoms with van der Waals surface area (Å²) in [7, 11) is 0. The minimum absolute atomic E-state index is 0.0763. The minimum atomic E-state index is -1.14. The van der Waals surface area contributed by atoms with E-state index < -0.39 is 11.7 Å². The van der Waals surface area contributed by atoms with E-state index in [0.717, 1.165) is 5.56 Å². The largest absolute Gasteiger partial charge is 0.388 e. The summed E-state index contributed by atoms with van der Waals surface area (Å²) in [6, 6.07) is 3.58. The van der Waals surface area contributed by atoms with Crippen LogP contribution in [0.25, 0.3) is 11.4 Å². The Labute approximate surface area is 133 Å². The number of aromatic nitrogens is 4. The first-order valence-corrected chi connectivity index (χ1v) is 7.45. The number of H-pyrrole nitrogens is 1. The molecule has 0 spiro atoms. The molecule has 3 heterocycles. The maximum absolute atomic E-state index is 12.3. The van der Waals surface area contributed by atoms with Crippen LogP contribution in [0.2, 0.25) is 0 Å². The zero-order chi connectivity index (χ0) is 16.4. The van der Waals surface area contributed by atoms with Crippen LogP contribution in [0, 0.1) is 0 Å². The van der Waals surface area contributed by atoms with Crippen LogP contribution in [0.4, 0.5) is 0 Å². The maximum Gasteiger partial charge on any atom is 0.230 e. The predicted octanol–water partition coefficient (Wildman–Crippen LogP) is -0.247. The SMILES string of the molecule is C[C@@]1(O)CCN(C(=O)Cc2nc(-c3ccncc3)n[nH]2)C[C@H]1O. The zero-order valence-electron chi connectivity index (χ0n) is 12.8. The van der Waals surface area contributed by atoms with Gasteiger partial charge in [-0.3, -0.25) is 14.9 Å². The van der Waals surface area contributed by atoms with Gasteiger partial charge in [0.25, 0.3) is 0 Å². The molecule has 1 fully saturated rings. The van der Waals surface area contributed by atoms with E-state index in [1.165, 1.54) is 4.90 Å². The average molecular weight is 317 g/mol. The molecule has 3 rings (SSSR count). The topological polar surface area (TPSA) is 115 Å². The number of nitrogens with one attached hydrogen (secondary N) is 1. The highest BCUT2D eigenvalue weighted by atomic mass is 16.3. The number of aromatic amines is 1. The third-order valence-electron chi connectivity index (χ3n) is 4.14. The molecule has 8 heteroatoms. The fourth-order valence-electron chi connectivity index (χ4n) is 2.51. The van der Waals surface area contributed by atoms with Gasteiger partial charge in [-0.05, 0) is 25.5 Å². The Morgan fingerprint density at radius 2 is 2.22 bits per heavy atom. The van der Waals surface area contributed by atoms with Crippen LogP contribution in [0.3, 0.4) is 0 Å². The molecule has 2 atom stereocenters. The highest BCUT2D eigenvalue weighted by Crippen LogP contribution is 2.22. The average Bonchev–Trinajstić information content (AvgIpc) is 2.99. The van der Waals surface area contributed by atoms with E-state index in [-0.39, 0.29) is 18.9 Å². The van der Waals surface area contributed by atoms with Gasteiger partial charge in [-0.25, -0.2) is 4.98 Å². The van der Waals surface area contributed by atoms with Gasteiger partial charge < -0.3 is 15.1 Å². The number of β-amino-alcohol motifs (C(OH)–C–C–N with tert-alkyl or cyclic N) is 1. The normalized spacial score (nSPS) is 24.7. The fourth-order valence-corrected chi connectivity index (χ4v) is 2.51. The third-order valence-corrected chi connectivity index (χ3v) is 4.14. The molecule has 1 aliphatic heterocycles. The quantitative estimate of drug-likeness (QED) is 0.719. The summed E-state index contributed by atoms with van der Waals surface area (Å²) in [6.45, 7) is 2.11. The summed E-state index contributed by atoms with van der Waals surface area (Å²) in [6.07, 6.45) is 2.78. The number of nitrogens with zero attached hydrogens (tertiary/aromatic N) is 4. The molecule has 1 amide bonds. The van der Waals surface area contributed by atoms with Crippen molar-refractivity contribution in [3.05, 3.63) is 30.4 Å². The van der Waals surface area contributed by atoms with Gasteiger partial charge in [-0.15, -0.1) is 0 Å². The van der Waals surface area contributed by atoms with Gasteiger partial charge in [0.05, 0.1) is 18.1 Å². The van der Waals surface area contributed by atoms with Crippen LogP contribution in [-0.4, -0.2) is 66.0 Å². The second-order valence-corrected chi connectivity index (χ2v) is 5.98. The standard InChI is InChI=1S/C15H19N5O3/c1-15(23)4-7-20(9-11(15)21)13(22)8-12-17-14(19-18-12)10-2-5-16-6-3-10/h2-3,5-6,11,21,23H,4,7-9H2,1H3,(H,17,18,19)/t11-,15-/m1/s1. The van der Waals surface area contributed by atoms with E-state index in [9.17, 15) is 15.0 Å². The lowest BCUT2D eigenvalue weighted by Crippen LogP contribution is -2.55. The second kappa shape index (κ2) is 6.05. The molecule has 2 aromatic heterocycles. The van der Waals surface area contributed by atoms with E-state index in [1.54, 1.807) is 31.5 Å². The van der Waals surface area contributed by atoms with E-state index in [0.29, 0.717) is 24.6 Å². The lowest BCUT2D eigenvalue weighted by atomic mass is 9.90. The van der Waals surface area contributed by atoms with Crippen molar-refractivity contribution in [2.24, 2.45) is 0 Å². The first kappa shape index (κ1) is 15.6. The third kappa shape index (κ3) is 3.38. The summed E-state index contributed by atoms with van der Waals surface area (Å²) >= 11 is 0. The highest BCUT2D eigenvalue weighted by molar-refractivity contribution is 5.78. The van der Waals surface area contributed by atoms with Gasteiger partial charge >= 0.3 is 0 Å². The Bertz CT molecular complexity index is 685. The molecule has 2 aromatic rings. The molecule has 1 saturated heterocycles. The number of piperidine rings is 1. The first-order valence-electron chi connectivity index (χ1n) is 7.45. The summed E-state index contributed by atoms with van der Waals surface area (Å²) in [5, 5.41) is 26.7. The lowest BCUT2D eigenvalue weighted by molar-refractivity contribution is -0.145. The molecule has 8 nitrogen and oxygen atoms in total. The summed E-state index contributed by atoms with van der Waals surface area (Å²) in [5.74, 6) is 0.822. The lowest BCUT2D eigenvalue weighted by Gasteiger charge is -2.39. The summed E-state index contributed by atoms with van der Waals surface area (Å²) < 4.78 is 0. The Morgan fingerprint density at radius 3 is 2.91 bits per heavy atom. The molecular weight excluding hydrogens is 298 g/mol. The van der Waals surface area contributed by atoms with Crippen LogP contribution < -0.4 is 0 Å². The van der Waals surface area contributed by atoms with Crippen molar-refractivity contribution >= 4 is 5.91 Å². The molecule has 122 valence electrons. The molecule has 0 bridgehead atoms. The molecule has 0 saturated carbocycles. The first-order chi connectivity index (χ1) is 11.0. The van der Waals surface area contributed by atoms with Crippen molar-refractivity contribution in [3.63, 3.8) is 0 Å². The number of hydrogen-bond acceptors (Lipinski definition) is 6. The van der Waals surface area contributed by atoms with E-state index in [2.05, 4.69) is 20.2 Å². The summed E-state index contributed by atoms with van der Waals surface area (Å²) in [4.78, 5) is 22.1. The molecule has 1 aliphatic rings. The number of rotatable bonds is 3. The molecular formula is C15H19N5O3. The van der Waals surface area contributed by atoms with Gasteiger partial charge in [0.1, 0.15) is 5.82 Å². The number of pyridine rings is 1. The smallest absolute Gasteiger partial charge is 0.230 e. The van der Waals surface area contributed by atoms with E-state index in [1.807, 2.05) is 0 Å². The van der Waals surface area contributed by atoms with E-state index in [4.69, 9.17) is 0 Å². The summed E-state index contributed by atoms with van der Waals surface area (Å²) in [5.41, 5.74) is -0.322. The van der Waals surface area contributed by atoms with Crippen molar-refractivity contribution in [2.75, 3.05) is 13.1 Å². The Kier molecular flexibility index (Phi) is 4.10. The van der Waals surface area contributed by atoms with Crippen molar-refractivity contribution in [1.82, 2.24) is 25.1 Å². The number of carbonyl (C=O) groups excluding carboxylic acids is 1. The maximum atomic E-state index is 12.3. The Hall–Kier alpha value is -2.32. The number of likely N-dealkylation sites (tertiary alicyclic amines) is 1. The van der Waals surface area contributed by atoms with Gasteiger partial charge in [0.2, 0.25) is 5.91 Å². The highest BCUT2D eigenvalue weighted by Gasteiger charge is 2.37. The fraction of sp³-hybridized carbons (Fsp3) is 0.467. The number of amides is 1. The van der Waals surface area contributed by atoms with Crippen LogP contribution in [0.1, 0.15) is 19.2 Å². The zero-order valence-corrected chi connectivity index (χ0v) is 12.8. The van der Waals surface area contributed by atoms with Crippen LogP contribution in [0.5, 0.6) is 0 Å². The van der Waals surface area contributed by atoms with Crippen molar-refractivity contribution in [2.45, 2.75) is 31.5 Å². The van der Waals surface area contributed by atoms with Gasteiger partial charge in [-0.1, -0.05) is 0 Å². The van der Waals surface area contributed by atoms with E-state index >= 15 is 0 Å². The molecule has 3 N–H and O–H groups in total. The number of aliphatic hydroxyl groups excluding tert-OH is 1. The van der Waals surface area contributed by atoms with Crippen LogP contribution in [0.15, 0.2) is 24.5 Å². The predicted molar refractivity (Wildman–Crippen MR) is 81.1 cm³/mol. The van der Waals surface area contributed by atoms with Crippen molar-refractivity contribution in [3.8, 4) is 11.4 Å². The number of aliphatic hydroxyl groups is 2.